The fourth-order valence-corrected chi connectivity index (χ4v) is 1.73. The van der Waals surface area contributed by atoms with Crippen LogP contribution < -0.4 is 11.1 Å². The van der Waals surface area contributed by atoms with Crippen molar-refractivity contribution in [1.82, 2.24) is 20.7 Å². The molecule has 1 aromatic carbocycles. The maximum Gasteiger partial charge on any atom is 0.243 e. The second-order valence-electron chi connectivity index (χ2n) is 4.18. The Morgan fingerprint density at radius 1 is 1.30 bits per heavy atom. The molecule has 106 valence electrons. The number of hydrogen-bond donors (Lipinski definition) is 3. The molecule has 0 bridgehead atoms. The summed E-state index contributed by atoms with van der Waals surface area (Å²) in [6.07, 6.45) is 0. The molecule has 0 fully saturated rings. The van der Waals surface area contributed by atoms with Gasteiger partial charge in [-0.05, 0) is 0 Å². The number of H-pyrrole nitrogens is 1. The average Bonchev–Trinajstić information content (AvgIpc) is 2.92. The number of nitrogens with one attached hydrogen (secondary N) is 2. The number of carbonyl (C=O) groups excluding carboxylic acids is 1. The molecule has 0 atom stereocenters. The van der Waals surface area contributed by atoms with Crippen molar-refractivity contribution in [2.45, 2.75) is 6.54 Å². The molecule has 7 heteroatoms. The molecule has 0 aliphatic rings. The SMILES string of the molecule is NC(=O)COCCNCc1n[nH]nc1-c1ccccc1. The molecule has 7 nitrogen and oxygen atoms in total. The van der Waals surface area contributed by atoms with Crippen molar-refractivity contribution in [3.8, 4) is 11.3 Å². The Balaban J connectivity index is 1.80. The highest BCUT2D eigenvalue weighted by atomic mass is 16.5. The van der Waals surface area contributed by atoms with Crippen molar-refractivity contribution >= 4 is 5.91 Å². The molecule has 20 heavy (non-hydrogen) atoms. The molecular weight excluding hydrogens is 258 g/mol. The fourth-order valence-electron chi connectivity index (χ4n) is 1.73. The van der Waals surface area contributed by atoms with E-state index in [2.05, 4.69) is 20.7 Å². The first kappa shape index (κ1) is 14.2. The van der Waals surface area contributed by atoms with E-state index in [1.165, 1.54) is 0 Å². The van der Waals surface area contributed by atoms with E-state index >= 15 is 0 Å². The molecule has 1 aromatic heterocycles. The van der Waals surface area contributed by atoms with Gasteiger partial charge < -0.3 is 15.8 Å². The molecular formula is C13H17N5O2. The molecule has 1 heterocycles. The minimum Gasteiger partial charge on any atom is -0.370 e. The van der Waals surface area contributed by atoms with Gasteiger partial charge in [0.1, 0.15) is 18.0 Å². The number of primary amides is 1. The number of nitrogens with two attached hydrogens (primary N) is 1. The number of aromatic nitrogens is 3. The van der Waals surface area contributed by atoms with Crippen LogP contribution >= 0.6 is 0 Å². The normalized spacial score (nSPS) is 10.6. The first-order chi connectivity index (χ1) is 9.77. The highest BCUT2D eigenvalue weighted by Gasteiger charge is 2.09. The van der Waals surface area contributed by atoms with Crippen molar-refractivity contribution in [2.75, 3.05) is 19.8 Å². The van der Waals surface area contributed by atoms with E-state index in [9.17, 15) is 4.79 Å². The molecule has 0 radical (unpaired) electrons. The summed E-state index contributed by atoms with van der Waals surface area (Å²) in [6, 6.07) is 9.84. The van der Waals surface area contributed by atoms with Gasteiger partial charge in [-0.1, -0.05) is 30.3 Å². The van der Waals surface area contributed by atoms with Crippen LogP contribution in [-0.2, 0) is 16.1 Å². The van der Waals surface area contributed by atoms with Crippen molar-refractivity contribution in [3.05, 3.63) is 36.0 Å². The van der Waals surface area contributed by atoms with Crippen LogP contribution in [0.15, 0.2) is 30.3 Å². The molecule has 1 amide bonds. The third kappa shape index (κ3) is 4.15. The average molecular weight is 275 g/mol. The lowest BCUT2D eigenvalue weighted by Crippen LogP contribution is -2.24. The first-order valence-electron chi connectivity index (χ1n) is 6.29. The summed E-state index contributed by atoms with van der Waals surface area (Å²) in [5, 5.41) is 14.1. The topological polar surface area (TPSA) is 106 Å². The van der Waals surface area contributed by atoms with Gasteiger partial charge in [0.2, 0.25) is 5.91 Å². The first-order valence-corrected chi connectivity index (χ1v) is 6.29. The quantitative estimate of drug-likeness (QED) is 0.591. The molecule has 2 rings (SSSR count). The maximum atomic E-state index is 10.5. The van der Waals surface area contributed by atoms with E-state index in [0.29, 0.717) is 19.7 Å². The minimum absolute atomic E-state index is 0.0547. The molecule has 2 aromatic rings. The molecule has 0 saturated carbocycles. The molecule has 0 aliphatic heterocycles. The smallest absolute Gasteiger partial charge is 0.243 e. The summed E-state index contributed by atoms with van der Waals surface area (Å²) in [7, 11) is 0. The van der Waals surface area contributed by atoms with Crippen LogP contribution in [-0.4, -0.2) is 41.1 Å². The van der Waals surface area contributed by atoms with Gasteiger partial charge in [0.05, 0.1) is 6.61 Å². The summed E-state index contributed by atoms with van der Waals surface area (Å²) in [5.74, 6) is -0.465. The minimum atomic E-state index is -0.465. The molecule has 0 spiro atoms. The number of ether oxygens (including phenoxy) is 1. The van der Waals surface area contributed by atoms with E-state index in [1.54, 1.807) is 0 Å². The third-order valence-corrected chi connectivity index (χ3v) is 2.63. The number of carbonyl (C=O) groups is 1. The fraction of sp³-hybridized carbons (Fsp3) is 0.308. The van der Waals surface area contributed by atoms with Crippen LogP contribution in [0.25, 0.3) is 11.3 Å². The Hall–Kier alpha value is -2.25. The number of aromatic amines is 1. The van der Waals surface area contributed by atoms with Gasteiger partial charge in [-0.15, -0.1) is 0 Å². The zero-order chi connectivity index (χ0) is 14.2. The summed E-state index contributed by atoms with van der Waals surface area (Å²) < 4.78 is 5.05. The third-order valence-electron chi connectivity index (χ3n) is 2.63. The van der Waals surface area contributed by atoms with Gasteiger partial charge in [0, 0.05) is 18.7 Å². The van der Waals surface area contributed by atoms with E-state index < -0.39 is 5.91 Å². The number of nitrogens with zero attached hydrogens (tertiary/aromatic N) is 2. The second-order valence-corrected chi connectivity index (χ2v) is 4.18. The van der Waals surface area contributed by atoms with Gasteiger partial charge >= 0.3 is 0 Å². The number of amides is 1. The largest absolute Gasteiger partial charge is 0.370 e. The van der Waals surface area contributed by atoms with E-state index in [1.807, 2.05) is 30.3 Å². The molecule has 0 unspecified atom stereocenters. The van der Waals surface area contributed by atoms with Crippen molar-refractivity contribution in [2.24, 2.45) is 5.73 Å². The van der Waals surface area contributed by atoms with Crippen LogP contribution in [0.4, 0.5) is 0 Å². The Morgan fingerprint density at radius 2 is 2.10 bits per heavy atom. The molecule has 0 saturated heterocycles. The predicted octanol–water partition coefficient (Wildman–Crippen LogP) is 0.0632. The van der Waals surface area contributed by atoms with Crippen LogP contribution in [0.1, 0.15) is 5.69 Å². The zero-order valence-electron chi connectivity index (χ0n) is 11.0. The van der Waals surface area contributed by atoms with Crippen LogP contribution in [0.2, 0.25) is 0 Å². The Morgan fingerprint density at radius 3 is 2.85 bits per heavy atom. The Kier molecular flexibility index (Phi) is 5.22. The van der Waals surface area contributed by atoms with Crippen LogP contribution in [0, 0.1) is 0 Å². The highest BCUT2D eigenvalue weighted by Crippen LogP contribution is 2.18. The van der Waals surface area contributed by atoms with Crippen LogP contribution in [0.3, 0.4) is 0 Å². The summed E-state index contributed by atoms with van der Waals surface area (Å²) in [5.41, 5.74) is 7.65. The zero-order valence-corrected chi connectivity index (χ0v) is 11.0. The monoisotopic (exact) mass is 275 g/mol. The number of benzene rings is 1. The lowest BCUT2D eigenvalue weighted by Gasteiger charge is -2.04. The van der Waals surface area contributed by atoms with Crippen molar-refractivity contribution in [3.63, 3.8) is 0 Å². The number of hydrogen-bond acceptors (Lipinski definition) is 5. The standard InChI is InChI=1S/C13H17N5O2/c14-12(19)9-20-7-6-15-8-11-13(17-18-16-11)10-4-2-1-3-5-10/h1-5,15H,6-9H2,(H2,14,19)(H,16,17,18). The lowest BCUT2D eigenvalue weighted by molar-refractivity contribution is -0.122. The highest BCUT2D eigenvalue weighted by molar-refractivity contribution is 5.74. The van der Waals surface area contributed by atoms with E-state index in [4.69, 9.17) is 10.5 Å². The predicted molar refractivity (Wildman–Crippen MR) is 73.5 cm³/mol. The van der Waals surface area contributed by atoms with Gasteiger partial charge in [0.15, 0.2) is 0 Å². The number of rotatable bonds is 8. The van der Waals surface area contributed by atoms with E-state index in [-0.39, 0.29) is 6.61 Å². The van der Waals surface area contributed by atoms with Gasteiger partial charge in [-0.3, -0.25) is 4.79 Å². The van der Waals surface area contributed by atoms with E-state index in [0.717, 1.165) is 17.0 Å². The lowest BCUT2D eigenvalue weighted by atomic mass is 10.1. The summed E-state index contributed by atoms with van der Waals surface area (Å²) in [6.45, 7) is 1.54. The van der Waals surface area contributed by atoms with Gasteiger partial charge in [-0.2, -0.15) is 15.4 Å². The van der Waals surface area contributed by atoms with Crippen LogP contribution in [0.5, 0.6) is 0 Å². The summed E-state index contributed by atoms with van der Waals surface area (Å²) >= 11 is 0. The molecule has 4 N–H and O–H groups in total. The van der Waals surface area contributed by atoms with Gasteiger partial charge in [-0.25, -0.2) is 0 Å². The Labute approximate surface area is 116 Å². The second kappa shape index (κ2) is 7.37. The van der Waals surface area contributed by atoms with Gasteiger partial charge in [0.25, 0.3) is 0 Å². The molecule has 0 aliphatic carbocycles. The Bertz CT molecular complexity index is 541. The van der Waals surface area contributed by atoms with Crippen molar-refractivity contribution < 1.29 is 9.53 Å². The van der Waals surface area contributed by atoms with Crippen molar-refractivity contribution in [1.29, 1.82) is 0 Å². The summed E-state index contributed by atoms with van der Waals surface area (Å²) in [4.78, 5) is 10.5. The maximum absolute atomic E-state index is 10.5.